The Labute approximate surface area is 116 Å². The molecule has 98 valence electrons. The summed E-state index contributed by atoms with van der Waals surface area (Å²) in [5.74, 6) is -0.467. The fourth-order valence-corrected chi connectivity index (χ4v) is 2.45. The van der Waals surface area contributed by atoms with Crippen LogP contribution in [0.3, 0.4) is 0 Å². The van der Waals surface area contributed by atoms with Crippen molar-refractivity contribution in [2.75, 3.05) is 0 Å². The summed E-state index contributed by atoms with van der Waals surface area (Å²) < 4.78 is 0. The maximum Gasteiger partial charge on any atom is 0.210 e. The summed E-state index contributed by atoms with van der Waals surface area (Å²) in [4.78, 5) is 25.0. The van der Waals surface area contributed by atoms with Crippen molar-refractivity contribution in [2.24, 2.45) is 5.73 Å². The summed E-state index contributed by atoms with van der Waals surface area (Å²) in [6.07, 6.45) is 0. The van der Waals surface area contributed by atoms with E-state index in [0.29, 0.717) is 22.3 Å². The van der Waals surface area contributed by atoms with Crippen molar-refractivity contribution >= 4 is 17.1 Å². The normalized spacial score (nSPS) is 14.4. The molecule has 2 aromatic carbocycles. The highest BCUT2D eigenvalue weighted by atomic mass is 16.1. The van der Waals surface area contributed by atoms with Crippen molar-refractivity contribution < 1.29 is 9.59 Å². The van der Waals surface area contributed by atoms with Gasteiger partial charge in [-0.1, -0.05) is 48.0 Å². The Kier molecular flexibility index (Phi) is 2.75. The number of hydrogen-bond donors (Lipinski definition) is 1. The zero-order valence-electron chi connectivity index (χ0n) is 11.0. The Bertz CT molecular complexity index is 758. The molecule has 0 saturated heterocycles. The molecule has 1 aliphatic rings. The number of nitrogens with two attached hydrogens (primary N) is 1. The highest BCUT2D eigenvalue weighted by Crippen LogP contribution is 2.30. The van der Waals surface area contributed by atoms with Crippen LogP contribution in [0.15, 0.2) is 54.2 Å². The van der Waals surface area contributed by atoms with Crippen LogP contribution in [0.4, 0.5) is 0 Å². The van der Waals surface area contributed by atoms with E-state index in [1.54, 1.807) is 24.3 Å². The SMILES string of the molecule is Cc1ccc2c(c1)C(=O)C(N)=C(c1ccccc1)C2=O. The smallest absolute Gasteiger partial charge is 0.210 e. The maximum atomic E-state index is 12.6. The van der Waals surface area contributed by atoms with Crippen molar-refractivity contribution in [1.82, 2.24) is 0 Å². The van der Waals surface area contributed by atoms with E-state index in [9.17, 15) is 9.59 Å². The van der Waals surface area contributed by atoms with Gasteiger partial charge in [-0.2, -0.15) is 0 Å². The first kappa shape index (κ1) is 12.4. The van der Waals surface area contributed by atoms with Crippen molar-refractivity contribution in [2.45, 2.75) is 6.92 Å². The third-order valence-corrected chi connectivity index (χ3v) is 3.47. The third-order valence-electron chi connectivity index (χ3n) is 3.47. The van der Waals surface area contributed by atoms with Crippen molar-refractivity contribution in [3.8, 4) is 0 Å². The molecule has 20 heavy (non-hydrogen) atoms. The second-order valence-corrected chi connectivity index (χ2v) is 4.86. The molecule has 0 unspecified atom stereocenters. The Balaban J connectivity index is 2.24. The van der Waals surface area contributed by atoms with Crippen LogP contribution in [0.1, 0.15) is 31.8 Å². The number of hydrogen-bond acceptors (Lipinski definition) is 3. The summed E-state index contributed by atoms with van der Waals surface area (Å²) in [5, 5.41) is 0. The third kappa shape index (κ3) is 1.75. The van der Waals surface area contributed by atoms with Gasteiger partial charge in [0.1, 0.15) is 0 Å². The van der Waals surface area contributed by atoms with Gasteiger partial charge in [0.05, 0.1) is 11.3 Å². The molecule has 0 atom stereocenters. The lowest BCUT2D eigenvalue weighted by molar-refractivity contribution is 0.0990. The molecule has 0 fully saturated rings. The molecule has 0 spiro atoms. The van der Waals surface area contributed by atoms with E-state index in [2.05, 4.69) is 0 Å². The summed E-state index contributed by atoms with van der Waals surface area (Å²) in [7, 11) is 0. The van der Waals surface area contributed by atoms with Crippen LogP contribution >= 0.6 is 0 Å². The number of carbonyl (C=O) groups excluding carboxylic acids is 2. The Morgan fingerprint density at radius 1 is 0.850 bits per heavy atom. The minimum atomic E-state index is -0.276. The van der Waals surface area contributed by atoms with E-state index < -0.39 is 0 Å². The lowest BCUT2D eigenvalue weighted by Crippen LogP contribution is -2.25. The van der Waals surface area contributed by atoms with Gasteiger partial charge < -0.3 is 5.73 Å². The number of carbonyl (C=O) groups is 2. The molecule has 0 radical (unpaired) electrons. The van der Waals surface area contributed by atoms with Crippen LogP contribution in [0.25, 0.3) is 5.57 Å². The predicted octanol–water partition coefficient (Wildman–Crippen LogP) is 2.74. The highest BCUT2D eigenvalue weighted by molar-refractivity contribution is 6.40. The lowest BCUT2D eigenvalue weighted by Gasteiger charge is -2.19. The molecule has 0 saturated carbocycles. The molecule has 3 rings (SSSR count). The number of ketones is 2. The van der Waals surface area contributed by atoms with Crippen LogP contribution in [-0.4, -0.2) is 11.6 Å². The highest BCUT2D eigenvalue weighted by Gasteiger charge is 2.31. The van der Waals surface area contributed by atoms with Crippen LogP contribution in [0.5, 0.6) is 0 Å². The number of aryl methyl sites for hydroxylation is 1. The summed E-state index contributed by atoms with van der Waals surface area (Å²) in [5.41, 5.74) is 8.67. The molecule has 2 N–H and O–H groups in total. The van der Waals surface area contributed by atoms with Gasteiger partial charge in [-0.25, -0.2) is 0 Å². The molecule has 2 aromatic rings. The molecule has 0 heterocycles. The van der Waals surface area contributed by atoms with E-state index in [1.165, 1.54) is 0 Å². The minimum Gasteiger partial charge on any atom is -0.395 e. The Morgan fingerprint density at radius 2 is 1.55 bits per heavy atom. The lowest BCUT2D eigenvalue weighted by atomic mass is 9.83. The molecule has 0 bridgehead atoms. The van der Waals surface area contributed by atoms with Gasteiger partial charge in [0, 0.05) is 11.1 Å². The number of rotatable bonds is 1. The monoisotopic (exact) mass is 263 g/mol. The van der Waals surface area contributed by atoms with Crippen LogP contribution in [0.2, 0.25) is 0 Å². The number of fused-ring (bicyclic) bond motifs is 1. The zero-order valence-corrected chi connectivity index (χ0v) is 11.0. The molecule has 0 aromatic heterocycles. The fourth-order valence-electron chi connectivity index (χ4n) is 2.45. The van der Waals surface area contributed by atoms with E-state index in [-0.39, 0.29) is 17.3 Å². The topological polar surface area (TPSA) is 60.2 Å². The van der Waals surface area contributed by atoms with Crippen LogP contribution in [-0.2, 0) is 0 Å². The fraction of sp³-hybridized carbons (Fsp3) is 0.0588. The van der Waals surface area contributed by atoms with Crippen LogP contribution < -0.4 is 5.73 Å². The van der Waals surface area contributed by atoms with E-state index in [0.717, 1.165) is 5.56 Å². The molecular weight excluding hydrogens is 250 g/mol. The second kappa shape index (κ2) is 4.46. The van der Waals surface area contributed by atoms with Gasteiger partial charge in [0.25, 0.3) is 0 Å². The zero-order chi connectivity index (χ0) is 14.3. The number of Topliss-reactive ketones (excluding diaryl/α,β-unsaturated/α-hetero) is 2. The summed E-state index contributed by atoms with van der Waals surface area (Å²) in [6.45, 7) is 1.88. The van der Waals surface area contributed by atoms with Gasteiger partial charge in [-0.3, -0.25) is 9.59 Å². The summed E-state index contributed by atoms with van der Waals surface area (Å²) >= 11 is 0. The average Bonchev–Trinajstić information content (AvgIpc) is 2.46. The van der Waals surface area contributed by atoms with Gasteiger partial charge in [-0.05, 0) is 18.6 Å². The maximum absolute atomic E-state index is 12.6. The van der Waals surface area contributed by atoms with E-state index in [4.69, 9.17) is 5.73 Å². The standard InChI is InChI=1S/C17H13NO2/c1-10-7-8-12-13(9-10)17(20)15(18)14(16(12)19)11-5-3-2-4-6-11/h2-9H,18H2,1H3. The van der Waals surface area contributed by atoms with Crippen molar-refractivity contribution in [3.63, 3.8) is 0 Å². The second-order valence-electron chi connectivity index (χ2n) is 4.86. The Morgan fingerprint density at radius 3 is 2.25 bits per heavy atom. The van der Waals surface area contributed by atoms with Gasteiger partial charge in [0.15, 0.2) is 5.78 Å². The first-order valence-electron chi connectivity index (χ1n) is 6.35. The van der Waals surface area contributed by atoms with E-state index in [1.807, 2.05) is 31.2 Å². The molecule has 0 amide bonds. The molecule has 1 aliphatic carbocycles. The first-order chi connectivity index (χ1) is 9.59. The number of allylic oxidation sites excluding steroid dienone is 2. The summed E-state index contributed by atoms with van der Waals surface area (Å²) in [6, 6.07) is 14.3. The average molecular weight is 263 g/mol. The van der Waals surface area contributed by atoms with Crippen molar-refractivity contribution in [3.05, 3.63) is 76.5 Å². The largest absolute Gasteiger partial charge is 0.395 e. The van der Waals surface area contributed by atoms with Gasteiger partial charge in [0.2, 0.25) is 5.78 Å². The molecule has 0 aliphatic heterocycles. The quantitative estimate of drug-likeness (QED) is 0.860. The van der Waals surface area contributed by atoms with Gasteiger partial charge >= 0.3 is 0 Å². The minimum absolute atomic E-state index is 0.0271. The van der Waals surface area contributed by atoms with Gasteiger partial charge in [-0.15, -0.1) is 0 Å². The molecule has 3 heteroatoms. The first-order valence-corrected chi connectivity index (χ1v) is 6.35. The predicted molar refractivity (Wildman–Crippen MR) is 77.4 cm³/mol. The molecular formula is C17H13NO2. The Hall–Kier alpha value is -2.68. The van der Waals surface area contributed by atoms with E-state index >= 15 is 0 Å². The molecule has 3 nitrogen and oxygen atoms in total. The van der Waals surface area contributed by atoms with Crippen LogP contribution in [0, 0.1) is 6.92 Å². The van der Waals surface area contributed by atoms with Crippen molar-refractivity contribution in [1.29, 1.82) is 0 Å². The number of benzene rings is 2.